The smallest absolute Gasteiger partial charge is 0.321 e. The van der Waals surface area contributed by atoms with Gasteiger partial charge in [0.25, 0.3) is 5.69 Å². The summed E-state index contributed by atoms with van der Waals surface area (Å²) in [5.74, 6) is 0. The van der Waals surface area contributed by atoms with Crippen LogP contribution in [0.25, 0.3) is 0 Å². The lowest BCUT2D eigenvalue weighted by Crippen LogP contribution is -2.35. The molecule has 19 heavy (non-hydrogen) atoms. The standard InChI is InChI=1S/C13H17N3O3/c1-4-15(9-10(2)3)13(17)14-11-5-7-12(8-6-11)16(18)19/h5-8H,2,4,9H2,1,3H3,(H,14,17). The highest BCUT2D eigenvalue weighted by molar-refractivity contribution is 5.89. The molecule has 1 aromatic carbocycles. The van der Waals surface area contributed by atoms with E-state index in [1.165, 1.54) is 24.3 Å². The first-order valence-corrected chi connectivity index (χ1v) is 5.88. The van der Waals surface area contributed by atoms with Crippen molar-refractivity contribution in [1.82, 2.24) is 4.90 Å². The zero-order valence-electron chi connectivity index (χ0n) is 11.0. The summed E-state index contributed by atoms with van der Waals surface area (Å²) in [7, 11) is 0. The number of hydrogen-bond donors (Lipinski definition) is 1. The lowest BCUT2D eigenvalue weighted by molar-refractivity contribution is -0.384. The van der Waals surface area contributed by atoms with Gasteiger partial charge >= 0.3 is 6.03 Å². The number of hydrogen-bond acceptors (Lipinski definition) is 3. The van der Waals surface area contributed by atoms with E-state index in [2.05, 4.69) is 11.9 Å². The van der Waals surface area contributed by atoms with Gasteiger partial charge in [-0.15, -0.1) is 0 Å². The first-order valence-electron chi connectivity index (χ1n) is 5.88. The summed E-state index contributed by atoms with van der Waals surface area (Å²) in [6, 6.07) is 5.46. The van der Waals surface area contributed by atoms with E-state index in [-0.39, 0.29) is 11.7 Å². The van der Waals surface area contributed by atoms with Crippen molar-refractivity contribution in [1.29, 1.82) is 0 Å². The van der Waals surface area contributed by atoms with Crippen LogP contribution in [0, 0.1) is 10.1 Å². The third kappa shape index (κ3) is 4.42. The minimum atomic E-state index is -0.481. The highest BCUT2D eigenvalue weighted by Gasteiger charge is 2.12. The second-order valence-corrected chi connectivity index (χ2v) is 4.21. The highest BCUT2D eigenvalue weighted by Crippen LogP contribution is 2.15. The lowest BCUT2D eigenvalue weighted by atomic mass is 10.3. The Balaban J connectivity index is 2.70. The number of anilines is 1. The molecule has 0 spiro atoms. The van der Waals surface area contributed by atoms with E-state index in [4.69, 9.17) is 0 Å². The van der Waals surface area contributed by atoms with Crippen LogP contribution in [0.2, 0.25) is 0 Å². The predicted molar refractivity (Wildman–Crippen MR) is 74.2 cm³/mol. The third-order valence-electron chi connectivity index (χ3n) is 2.46. The van der Waals surface area contributed by atoms with Crippen LogP contribution in [-0.2, 0) is 0 Å². The minimum Gasteiger partial charge on any atom is -0.321 e. The quantitative estimate of drug-likeness (QED) is 0.504. The highest BCUT2D eigenvalue weighted by atomic mass is 16.6. The van der Waals surface area contributed by atoms with Crippen molar-refractivity contribution in [3.05, 3.63) is 46.5 Å². The van der Waals surface area contributed by atoms with Gasteiger partial charge in [-0.1, -0.05) is 12.2 Å². The zero-order valence-corrected chi connectivity index (χ0v) is 11.0. The van der Waals surface area contributed by atoms with E-state index in [1.54, 1.807) is 4.90 Å². The van der Waals surface area contributed by atoms with Crippen LogP contribution in [0.1, 0.15) is 13.8 Å². The van der Waals surface area contributed by atoms with Gasteiger partial charge in [-0.3, -0.25) is 10.1 Å². The summed E-state index contributed by atoms with van der Waals surface area (Å²) in [6.07, 6.45) is 0. The van der Waals surface area contributed by atoms with Gasteiger partial charge < -0.3 is 10.2 Å². The van der Waals surface area contributed by atoms with Crippen molar-refractivity contribution in [2.75, 3.05) is 18.4 Å². The maximum absolute atomic E-state index is 11.9. The molecule has 6 heteroatoms. The lowest BCUT2D eigenvalue weighted by Gasteiger charge is -2.21. The Hall–Kier alpha value is -2.37. The van der Waals surface area contributed by atoms with Crippen LogP contribution in [0.5, 0.6) is 0 Å². The van der Waals surface area contributed by atoms with Gasteiger partial charge in [0.15, 0.2) is 0 Å². The number of rotatable bonds is 5. The number of likely N-dealkylation sites (N-methyl/N-ethyl adjacent to an activating group) is 1. The number of nitrogens with one attached hydrogen (secondary N) is 1. The number of nitro groups is 1. The first kappa shape index (κ1) is 14.7. The SMILES string of the molecule is C=C(C)CN(CC)C(=O)Nc1ccc([N+](=O)[O-])cc1. The van der Waals surface area contributed by atoms with Crippen LogP contribution in [-0.4, -0.2) is 28.9 Å². The molecule has 0 aliphatic carbocycles. The Bertz CT molecular complexity index is 482. The molecule has 1 N–H and O–H groups in total. The van der Waals surface area contributed by atoms with Gasteiger partial charge in [0.05, 0.1) is 4.92 Å². The maximum Gasteiger partial charge on any atom is 0.322 e. The van der Waals surface area contributed by atoms with Crippen LogP contribution in [0.3, 0.4) is 0 Å². The summed E-state index contributed by atoms with van der Waals surface area (Å²) < 4.78 is 0. The fraction of sp³-hybridized carbons (Fsp3) is 0.308. The van der Waals surface area contributed by atoms with E-state index < -0.39 is 4.92 Å². The molecule has 102 valence electrons. The van der Waals surface area contributed by atoms with Crippen LogP contribution >= 0.6 is 0 Å². The second-order valence-electron chi connectivity index (χ2n) is 4.21. The first-order chi connectivity index (χ1) is 8.93. The van der Waals surface area contributed by atoms with Crippen LogP contribution in [0.15, 0.2) is 36.4 Å². The Morgan fingerprint density at radius 2 is 2.00 bits per heavy atom. The number of urea groups is 1. The molecule has 0 unspecified atom stereocenters. The molecule has 1 rings (SSSR count). The average Bonchev–Trinajstić information content (AvgIpc) is 2.36. The van der Waals surface area contributed by atoms with E-state index in [0.29, 0.717) is 18.8 Å². The van der Waals surface area contributed by atoms with Gasteiger partial charge in [-0.05, 0) is 26.0 Å². The minimum absolute atomic E-state index is 0.00715. The van der Waals surface area contributed by atoms with E-state index in [1.807, 2.05) is 13.8 Å². The third-order valence-corrected chi connectivity index (χ3v) is 2.46. The number of carbonyl (C=O) groups excluding carboxylic acids is 1. The molecule has 0 saturated heterocycles. The summed E-state index contributed by atoms with van der Waals surface area (Å²) in [5, 5.41) is 13.2. The Morgan fingerprint density at radius 3 is 2.42 bits per heavy atom. The Morgan fingerprint density at radius 1 is 1.42 bits per heavy atom. The molecule has 0 aliphatic heterocycles. The molecule has 0 aliphatic rings. The molecule has 2 amide bonds. The number of non-ortho nitro benzene ring substituents is 1. The fourth-order valence-corrected chi connectivity index (χ4v) is 1.52. The van der Waals surface area contributed by atoms with E-state index in [0.717, 1.165) is 5.57 Å². The summed E-state index contributed by atoms with van der Waals surface area (Å²) in [4.78, 5) is 23.6. The Kier molecular flexibility index (Phi) is 5.05. The zero-order chi connectivity index (χ0) is 14.4. The molecule has 0 bridgehead atoms. The van der Waals surface area contributed by atoms with Crippen molar-refractivity contribution >= 4 is 17.4 Å². The number of nitrogens with zero attached hydrogens (tertiary/aromatic N) is 2. The molecule has 6 nitrogen and oxygen atoms in total. The van der Waals surface area contributed by atoms with E-state index in [9.17, 15) is 14.9 Å². The van der Waals surface area contributed by atoms with Crippen molar-refractivity contribution in [2.24, 2.45) is 0 Å². The maximum atomic E-state index is 11.9. The molecule has 0 radical (unpaired) electrons. The van der Waals surface area contributed by atoms with Crippen LogP contribution < -0.4 is 5.32 Å². The van der Waals surface area contributed by atoms with Crippen molar-refractivity contribution < 1.29 is 9.72 Å². The fourth-order valence-electron chi connectivity index (χ4n) is 1.52. The van der Waals surface area contributed by atoms with Crippen molar-refractivity contribution in [3.8, 4) is 0 Å². The van der Waals surface area contributed by atoms with Gasteiger partial charge in [0, 0.05) is 30.9 Å². The number of carbonyl (C=O) groups is 1. The number of amides is 2. The molecule has 0 heterocycles. The second kappa shape index (κ2) is 6.53. The summed E-state index contributed by atoms with van der Waals surface area (Å²) >= 11 is 0. The molecular formula is C13H17N3O3. The van der Waals surface area contributed by atoms with Gasteiger partial charge in [-0.2, -0.15) is 0 Å². The average molecular weight is 263 g/mol. The van der Waals surface area contributed by atoms with Gasteiger partial charge in [0.2, 0.25) is 0 Å². The molecular weight excluding hydrogens is 246 g/mol. The normalized spacial score (nSPS) is 9.79. The van der Waals surface area contributed by atoms with E-state index >= 15 is 0 Å². The molecule has 0 saturated carbocycles. The topological polar surface area (TPSA) is 75.5 Å². The molecule has 0 fully saturated rings. The number of benzene rings is 1. The van der Waals surface area contributed by atoms with Crippen molar-refractivity contribution in [3.63, 3.8) is 0 Å². The molecule has 0 aromatic heterocycles. The largest absolute Gasteiger partial charge is 0.322 e. The summed E-state index contributed by atoms with van der Waals surface area (Å²) in [5.41, 5.74) is 1.41. The van der Waals surface area contributed by atoms with Gasteiger partial charge in [0.1, 0.15) is 0 Å². The number of nitro benzene ring substituents is 1. The van der Waals surface area contributed by atoms with Gasteiger partial charge in [-0.25, -0.2) is 4.79 Å². The van der Waals surface area contributed by atoms with Crippen LogP contribution in [0.4, 0.5) is 16.2 Å². The Labute approximate surface area is 111 Å². The predicted octanol–water partition coefficient (Wildman–Crippen LogP) is 3.02. The molecule has 0 atom stereocenters. The monoisotopic (exact) mass is 263 g/mol. The molecule has 1 aromatic rings. The summed E-state index contributed by atoms with van der Waals surface area (Å²) in [6.45, 7) is 8.53. The van der Waals surface area contributed by atoms with Crippen molar-refractivity contribution in [2.45, 2.75) is 13.8 Å².